The van der Waals surface area contributed by atoms with Crippen LogP contribution in [0.2, 0.25) is 0 Å². The largest absolute Gasteiger partial charge is 0.311 e. The molecule has 2 heterocycles. The second-order valence-electron chi connectivity index (χ2n) is 6.77. The minimum absolute atomic E-state index is 0.827. The Hall–Kier alpha value is -0.0800. The van der Waals surface area contributed by atoms with Gasteiger partial charge in [-0.15, -0.1) is 0 Å². The van der Waals surface area contributed by atoms with Crippen LogP contribution in [0.1, 0.15) is 72.1 Å². The number of nitrogens with zero attached hydrogens (tertiary/aromatic N) is 1. The van der Waals surface area contributed by atoms with E-state index in [-0.39, 0.29) is 0 Å². The van der Waals surface area contributed by atoms with Gasteiger partial charge in [-0.3, -0.25) is 0 Å². The van der Waals surface area contributed by atoms with Gasteiger partial charge in [-0.25, -0.2) is 0 Å². The SMILES string of the molecule is CCCCC(CC)CN(CC)C1CC2CCC(C1)N2. The van der Waals surface area contributed by atoms with E-state index in [1.807, 2.05) is 0 Å². The number of rotatable bonds is 8. The molecule has 0 aromatic carbocycles. The molecule has 0 radical (unpaired) electrons. The first-order valence-corrected chi connectivity index (χ1v) is 8.76. The zero-order valence-electron chi connectivity index (χ0n) is 13.3. The molecular formula is C17H34N2. The Balaban J connectivity index is 1.84. The number of hydrogen-bond acceptors (Lipinski definition) is 2. The zero-order chi connectivity index (χ0) is 13.7. The summed E-state index contributed by atoms with van der Waals surface area (Å²) in [7, 11) is 0. The van der Waals surface area contributed by atoms with Crippen molar-refractivity contribution in [2.24, 2.45) is 5.92 Å². The van der Waals surface area contributed by atoms with Crippen molar-refractivity contribution >= 4 is 0 Å². The summed E-state index contributed by atoms with van der Waals surface area (Å²) in [6, 6.07) is 2.52. The molecule has 3 atom stereocenters. The van der Waals surface area contributed by atoms with Gasteiger partial charge in [0.05, 0.1) is 0 Å². The van der Waals surface area contributed by atoms with Crippen LogP contribution in [-0.2, 0) is 0 Å². The second-order valence-corrected chi connectivity index (χ2v) is 6.77. The molecule has 0 aliphatic carbocycles. The molecule has 2 aliphatic rings. The molecule has 2 bridgehead atoms. The highest BCUT2D eigenvalue weighted by Crippen LogP contribution is 2.30. The Morgan fingerprint density at radius 2 is 1.79 bits per heavy atom. The third-order valence-electron chi connectivity index (χ3n) is 5.41. The standard InChI is InChI=1S/C17H34N2/c1-4-7-8-14(5-2)13-19(6-3)17-11-15-9-10-16(12-17)18-15/h14-18H,4-13H2,1-3H3. The van der Waals surface area contributed by atoms with E-state index in [1.165, 1.54) is 64.5 Å². The lowest BCUT2D eigenvalue weighted by atomic mass is 9.94. The monoisotopic (exact) mass is 266 g/mol. The van der Waals surface area contributed by atoms with Crippen LogP contribution < -0.4 is 5.32 Å². The van der Waals surface area contributed by atoms with Gasteiger partial charge in [0.2, 0.25) is 0 Å². The Labute approximate surface area is 120 Å². The van der Waals surface area contributed by atoms with Crippen LogP contribution in [-0.4, -0.2) is 36.1 Å². The molecule has 2 rings (SSSR count). The van der Waals surface area contributed by atoms with Gasteiger partial charge in [0, 0.05) is 24.7 Å². The van der Waals surface area contributed by atoms with E-state index in [0.29, 0.717) is 0 Å². The van der Waals surface area contributed by atoms with Gasteiger partial charge in [0.25, 0.3) is 0 Å². The second kappa shape index (κ2) is 7.64. The molecular weight excluding hydrogens is 232 g/mol. The fourth-order valence-corrected chi connectivity index (χ4v) is 4.11. The molecule has 0 amide bonds. The van der Waals surface area contributed by atoms with Crippen molar-refractivity contribution in [1.29, 1.82) is 0 Å². The van der Waals surface area contributed by atoms with E-state index in [2.05, 4.69) is 31.0 Å². The summed E-state index contributed by atoms with van der Waals surface area (Å²) in [4.78, 5) is 2.80. The Morgan fingerprint density at radius 3 is 2.32 bits per heavy atom. The highest BCUT2D eigenvalue weighted by molar-refractivity contribution is 4.95. The van der Waals surface area contributed by atoms with Crippen molar-refractivity contribution in [1.82, 2.24) is 10.2 Å². The van der Waals surface area contributed by atoms with Gasteiger partial charge < -0.3 is 10.2 Å². The summed E-state index contributed by atoms with van der Waals surface area (Å²) in [6.45, 7) is 9.63. The molecule has 2 aliphatic heterocycles. The molecule has 2 saturated heterocycles. The zero-order valence-corrected chi connectivity index (χ0v) is 13.3. The number of unbranched alkanes of at least 4 members (excludes halogenated alkanes) is 1. The van der Waals surface area contributed by atoms with E-state index in [1.54, 1.807) is 0 Å². The van der Waals surface area contributed by atoms with Gasteiger partial charge in [0.1, 0.15) is 0 Å². The first-order chi connectivity index (χ1) is 9.26. The summed E-state index contributed by atoms with van der Waals surface area (Å²) in [5, 5.41) is 3.77. The van der Waals surface area contributed by atoms with Crippen LogP contribution in [0.3, 0.4) is 0 Å². The number of fused-ring (bicyclic) bond motifs is 2. The Bertz CT molecular complexity index is 242. The quantitative estimate of drug-likeness (QED) is 0.719. The van der Waals surface area contributed by atoms with Crippen LogP contribution in [0.25, 0.3) is 0 Å². The third kappa shape index (κ3) is 4.19. The van der Waals surface area contributed by atoms with E-state index in [4.69, 9.17) is 0 Å². The molecule has 0 spiro atoms. The minimum atomic E-state index is 0.827. The predicted octanol–water partition coefficient (Wildman–Crippen LogP) is 3.81. The summed E-state index contributed by atoms with van der Waals surface area (Å²) < 4.78 is 0. The van der Waals surface area contributed by atoms with Crippen LogP contribution >= 0.6 is 0 Å². The van der Waals surface area contributed by atoms with Gasteiger partial charge in [-0.05, 0) is 44.6 Å². The predicted molar refractivity (Wildman–Crippen MR) is 83.5 cm³/mol. The minimum Gasteiger partial charge on any atom is -0.311 e. The lowest BCUT2D eigenvalue weighted by Crippen LogP contribution is -2.49. The fraction of sp³-hybridized carbons (Fsp3) is 1.00. The lowest BCUT2D eigenvalue weighted by molar-refractivity contribution is 0.123. The van der Waals surface area contributed by atoms with Gasteiger partial charge in [-0.1, -0.05) is 40.0 Å². The summed E-state index contributed by atoms with van der Waals surface area (Å²) in [5.74, 6) is 0.924. The number of nitrogens with one attached hydrogen (secondary N) is 1. The maximum absolute atomic E-state index is 3.77. The molecule has 112 valence electrons. The van der Waals surface area contributed by atoms with Crippen LogP contribution in [0, 0.1) is 5.92 Å². The topological polar surface area (TPSA) is 15.3 Å². The average Bonchev–Trinajstić information content (AvgIpc) is 2.78. The first-order valence-electron chi connectivity index (χ1n) is 8.76. The van der Waals surface area contributed by atoms with Gasteiger partial charge in [0.15, 0.2) is 0 Å². The number of piperidine rings is 1. The van der Waals surface area contributed by atoms with E-state index in [9.17, 15) is 0 Å². The molecule has 1 N–H and O–H groups in total. The van der Waals surface area contributed by atoms with E-state index >= 15 is 0 Å². The Kier molecular flexibility index (Phi) is 6.15. The summed E-state index contributed by atoms with van der Waals surface area (Å²) >= 11 is 0. The fourth-order valence-electron chi connectivity index (χ4n) is 4.11. The average molecular weight is 266 g/mol. The highest BCUT2D eigenvalue weighted by Gasteiger charge is 2.35. The van der Waals surface area contributed by atoms with E-state index < -0.39 is 0 Å². The Morgan fingerprint density at radius 1 is 1.11 bits per heavy atom. The molecule has 2 nitrogen and oxygen atoms in total. The first kappa shape index (κ1) is 15.3. The summed E-state index contributed by atoms with van der Waals surface area (Å²) in [6.07, 6.45) is 11.2. The maximum Gasteiger partial charge on any atom is 0.0125 e. The molecule has 2 fully saturated rings. The maximum atomic E-state index is 3.77. The van der Waals surface area contributed by atoms with Crippen molar-refractivity contribution in [2.75, 3.05) is 13.1 Å². The smallest absolute Gasteiger partial charge is 0.0125 e. The third-order valence-corrected chi connectivity index (χ3v) is 5.41. The molecule has 0 saturated carbocycles. The van der Waals surface area contributed by atoms with Crippen molar-refractivity contribution in [3.63, 3.8) is 0 Å². The van der Waals surface area contributed by atoms with Crippen molar-refractivity contribution in [3.8, 4) is 0 Å². The normalized spacial score (nSPS) is 31.9. The molecule has 0 aromatic heterocycles. The van der Waals surface area contributed by atoms with Crippen LogP contribution in [0.4, 0.5) is 0 Å². The highest BCUT2D eigenvalue weighted by atomic mass is 15.2. The van der Waals surface area contributed by atoms with Crippen LogP contribution in [0.5, 0.6) is 0 Å². The molecule has 19 heavy (non-hydrogen) atoms. The molecule has 2 heteroatoms. The van der Waals surface area contributed by atoms with Gasteiger partial charge in [-0.2, -0.15) is 0 Å². The van der Waals surface area contributed by atoms with Crippen molar-refractivity contribution in [2.45, 2.75) is 90.3 Å². The van der Waals surface area contributed by atoms with Gasteiger partial charge >= 0.3 is 0 Å². The number of hydrogen-bond donors (Lipinski definition) is 1. The lowest BCUT2D eigenvalue weighted by Gasteiger charge is -2.39. The molecule has 0 aromatic rings. The van der Waals surface area contributed by atoms with E-state index in [0.717, 1.165) is 24.0 Å². The van der Waals surface area contributed by atoms with Crippen molar-refractivity contribution in [3.05, 3.63) is 0 Å². The van der Waals surface area contributed by atoms with Crippen molar-refractivity contribution < 1.29 is 0 Å². The van der Waals surface area contributed by atoms with Crippen LogP contribution in [0.15, 0.2) is 0 Å². The molecule has 3 unspecified atom stereocenters. The summed E-state index contributed by atoms with van der Waals surface area (Å²) in [5.41, 5.74) is 0.